The third-order valence-corrected chi connectivity index (χ3v) is 4.50. The number of hydrogen-bond donors (Lipinski definition) is 2. The fourth-order valence-corrected chi connectivity index (χ4v) is 3.09. The van der Waals surface area contributed by atoms with Gasteiger partial charge in [0.25, 0.3) is 0 Å². The highest BCUT2D eigenvalue weighted by atomic mass is 32.2. The SMILES string of the molecule is CCSCCC(C)NCC(O)c1ccc(CC(C)C)cc1. The van der Waals surface area contributed by atoms with E-state index in [1.165, 1.54) is 17.1 Å². The predicted octanol–water partition coefficient (Wildman–Crippen LogP) is 4.04. The standard InChI is InChI=1S/C18H31NOS/c1-5-21-11-10-15(4)19-13-18(20)17-8-6-16(7-9-17)12-14(2)3/h6-9,14-15,18-20H,5,10-13H2,1-4H3. The lowest BCUT2D eigenvalue weighted by Crippen LogP contribution is -2.30. The molecule has 0 heterocycles. The van der Waals surface area contributed by atoms with Gasteiger partial charge in [0.2, 0.25) is 0 Å². The van der Waals surface area contributed by atoms with Crippen molar-refractivity contribution in [3.63, 3.8) is 0 Å². The number of rotatable bonds is 10. The Morgan fingerprint density at radius 2 is 1.81 bits per heavy atom. The smallest absolute Gasteiger partial charge is 0.0914 e. The average Bonchev–Trinajstić information content (AvgIpc) is 2.45. The first kappa shape index (κ1) is 18.5. The zero-order valence-corrected chi connectivity index (χ0v) is 14.7. The molecule has 1 aromatic rings. The van der Waals surface area contributed by atoms with Gasteiger partial charge in [-0.1, -0.05) is 45.0 Å². The van der Waals surface area contributed by atoms with Crippen molar-refractivity contribution in [2.45, 2.75) is 52.7 Å². The van der Waals surface area contributed by atoms with E-state index in [1.807, 2.05) is 11.8 Å². The predicted molar refractivity (Wildman–Crippen MR) is 95.0 cm³/mol. The third-order valence-electron chi connectivity index (χ3n) is 3.57. The van der Waals surface area contributed by atoms with Gasteiger partial charge in [0.15, 0.2) is 0 Å². The Labute approximate surface area is 134 Å². The number of thioether (sulfide) groups is 1. The minimum atomic E-state index is -0.417. The summed E-state index contributed by atoms with van der Waals surface area (Å²) in [6.07, 6.45) is 1.83. The van der Waals surface area contributed by atoms with Crippen molar-refractivity contribution in [2.24, 2.45) is 5.92 Å². The van der Waals surface area contributed by atoms with Crippen molar-refractivity contribution < 1.29 is 5.11 Å². The van der Waals surface area contributed by atoms with E-state index in [2.05, 4.69) is 57.3 Å². The van der Waals surface area contributed by atoms with E-state index in [1.54, 1.807) is 0 Å². The Morgan fingerprint density at radius 3 is 2.38 bits per heavy atom. The molecule has 21 heavy (non-hydrogen) atoms. The van der Waals surface area contributed by atoms with Crippen LogP contribution in [-0.4, -0.2) is 29.2 Å². The molecule has 2 unspecified atom stereocenters. The first-order valence-electron chi connectivity index (χ1n) is 8.11. The van der Waals surface area contributed by atoms with Gasteiger partial charge in [-0.15, -0.1) is 0 Å². The van der Waals surface area contributed by atoms with Gasteiger partial charge in [-0.3, -0.25) is 0 Å². The zero-order chi connectivity index (χ0) is 15.7. The lowest BCUT2D eigenvalue weighted by atomic mass is 10.00. The molecule has 0 bridgehead atoms. The highest BCUT2D eigenvalue weighted by Gasteiger charge is 2.09. The summed E-state index contributed by atoms with van der Waals surface area (Å²) in [4.78, 5) is 0. The Kier molecular flexibility index (Phi) is 9.05. The van der Waals surface area contributed by atoms with Gasteiger partial charge in [0, 0.05) is 12.6 Å². The summed E-state index contributed by atoms with van der Waals surface area (Å²) >= 11 is 1.97. The number of hydrogen-bond acceptors (Lipinski definition) is 3. The second kappa shape index (κ2) is 10.3. The van der Waals surface area contributed by atoms with Crippen LogP contribution in [0.4, 0.5) is 0 Å². The molecule has 0 aliphatic heterocycles. The van der Waals surface area contributed by atoms with E-state index in [-0.39, 0.29) is 0 Å². The molecular weight excluding hydrogens is 278 g/mol. The summed E-state index contributed by atoms with van der Waals surface area (Å²) in [7, 11) is 0. The summed E-state index contributed by atoms with van der Waals surface area (Å²) in [5.41, 5.74) is 2.35. The minimum absolute atomic E-state index is 0.417. The van der Waals surface area contributed by atoms with Gasteiger partial charge in [0.05, 0.1) is 6.10 Å². The highest BCUT2D eigenvalue weighted by Crippen LogP contribution is 2.15. The summed E-state index contributed by atoms with van der Waals surface area (Å²) in [5, 5.41) is 13.7. The van der Waals surface area contributed by atoms with Gasteiger partial charge in [-0.25, -0.2) is 0 Å². The van der Waals surface area contributed by atoms with Crippen LogP contribution >= 0.6 is 11.8 Å². The lowest BCUT2D eigenvalue weighted by molar-refractivity contribution is 0.170. The van der Waals surface area contributed by atoms with Gasteiger partial charge >= 0.3 is 0 Å². The number of aliphatic hydroxyl groups excluding tert-OH is 1. The van der Waals surface area contributed by atoms with Crippen molar-refractivity contribution >= 4 is 11.8 Å². The molecule has 120 valence electrons. The van der Waals surface area contributed by atoms with E-state index < -0.39 is 6.10 Å². The molecule has 2 nitrogen and oxygen atoms in total. The number of nitrogens with one attached hydrogen (secondary N) is 1. The van der Waals surface area contributed by atoms with Crippen LogP contribution in [0, 0.1) is 5.92 Å². The van der Waals surface area contributed by atoms with Crippen LogP contribution in [0.25, 0.3) is 0 Å². The summed E-state index contributed by atoms with van der Waals surface area (Å²) in [6.45, 7) is 9.46. The van der Waals surface area contributed by atoms with Crippen LogP contribution in [0.15, 0.2) is 24.3 Å². The van der Waals surface area contributed by atoms with Crippen molar-refractivity contribution in [1.29, 1.82) is 0 Å². The maximum Gasteiger partial charge on any atom is 0.0914 e. The number of aliphatic hydroxyl groups is 1. The molecule has 2 N–H and O–H groups in total. The van der Waals surface area contributed by atoms with E-state index in [0.717, 1.165) is 18.4 Å². The molecule has 3 heteroatoms. The fourth-order valence-electron chi connectivity index (χ4n) is 2.28. The first-order valence-corrected chi connectivity index (χ1v) is 9.26. The Balaban J connectivity index is 2.35. The van der Waals surface area contributed by atoms with Gasteiger partial charge in [0.1, 0.15) is 0 Å². The van der Waals surface area contributed by atoms with Crippen LogP contribution in [0.2, 0.25) is 0 Å². The Hall–Kier alpha value is -0.510. The largest absolute Gasteiger partial charge is 0.387 e. The molecule has 0 saturated carbocycles. The van der Waals surface area contributed by atoms with Crippen molar-refractivity contribution in [3.8, 4) is 0 Å². The molecule has 0 amide bonds. The van der Waals surface area contributed by atoms with Crippen molar-refractivity contribution in [1.82, 2.24) is 5.32 Å². The molecule has 0 aliphatic rings. The van der Waals surface area contributed by atoms with Crippen molar-refractivity contribution in [2.75, 3.05) is 18.1 Å². The Bertz CT molecular complexity index is 377. The van der Waals surface area contributed by atoms with Crippen LogP contribution < -0.4 is 5.32 Å². The van der Waals surface area contributed by atoms with Crippen LogP contribution in [-0.2, 0) is 6.42 Å². The van der Waals surface area contributed by atoms with Gasteiger partial charge < -0.3 is 10.4 Å². The molecule has 0 saturated heterocycles. The molecule has 0 aromatic heterocycles. The minimum Gasteiger partial charge on any atom is -0.387 e. The molecule has 0 fully saturated rings. The zero-order valence-electron chi connectivity index (χ0n) is 13.9. The van der Waals surface area contributed by atoms with E-state index in [4.69, 9.17) is 0 Å². The second-order valence-corrected chi connectivity index (χ2v) is 7.54. The second-order valence-electron chi connectivity index (χ2n) is 6.15. The lowest BCUT2D eigenvalue weighted by Gasteiger charge is -2.17. The molecular formula is C18H31NOS. The summed E-state index contributed by atoms with van der Waals surface area (Å²) in [5.74, 6) is 3.03. The Morgan fingerprint density at radius 1 is 1.14 bits per heavy atom. The normalized spacial score (nSPS) is 14.4. The summed E-state index contributed by atoms with van der Waals surface area (Å²) < 4.78 is 0. The maximum atomic E-state index is 10.2. The first-order chi connectivity index (χ1) is 10.0. The molecule has 0 aliphatic carbocycles. The molecule has 2 atom stereocenters. The van der Waals surface area contributed by atoms with Crippen LogP contribution in [0.5, 0.6) is 0 Å². The third kappa shape index (κ3) is 7.89. The fraction of sp³-hybridized carbons (Fsp3) is 0.667. The van der Waals surface area contributed by atoms with E-state index in [0.29, 0.717) is 18.5 Å². The summed E-state index contributed by atoms with van der Waals surface area (Å²) in [6, 6.07) is 8.85. The van der Waals surface area contributed by atoms with E-state index in [9.17, 15) is 5.11 Å². The molecule has 0 spiro atoms. The van der Waals surface area contributed by atoms with Crippen molar-refractivity contribution in [3.05, 3.63) is 35.4 Å². The highest BCUT2D eigenvalue weighted by molar-refractivity contribution is 7.99. The maximum absolute atomic E-state index is 10.2. The van der Waals surface area contributed by atoms with Crippen LogP contribution in [0.3, 0.4) is 0 Å². The van der Waals surface area contributed by atoms with Gasteiger partial charge in [-0.05, 0) is 48.3 Å². The average molecular weight is 310 g/mol. The van der Waals surface area contributed by atoms with Crippen LogP contribution in [0.1, 0.15) is 51.3 Å². The quantitative estimate of drug-likeness (QED) is 0.640. The molecule has 0 radical (unpaired) electrons. The molecule has 1 rings (SSSR count). The number of benzene rings is 1. The molecule has 1 aromatic carbocycles. The monoisotopic (exact) mass is 309 g/mol. The van der Waals surface area contributed by atoms with Gasteiger partial charge in [-0.2, -0.15) is 11.8 Å². The van der Waals surface area contributed by atoms with E-state index >= 15 is 0 Å². The topological polar surface area (TPSA) is 32.3 Å².